The summed E-state index contributed by atoms with van der Waals surface area (Å²) < 4.78 is 30.6. The number of aromatic nitrogens is 2. The van der Waals surface area contributed by atoms with Crippen LogP contribution in [-0.4, -0.2) is 36.7 Å². The summed E-state index contributed by atoms with van der Waals surface area (Å²) >= 11 is 0. The Labute approximate surface area is 139 Å². The van der Waals surface area contributed by atoms with Crippen LogP contribution in [0.4, 0.5) is 17.2 Å². The molecule has 0 radical (unpaired) electrons. The van der Waals surface area contributed by atoms with E-state index in [1.807, 2.05) is 0 Å². The molecule has 2 N–H and O–H groups in total. The predicted octanol–water partition coefficient (Wildman–Crippen LogP) is 1.91. The number of carbonyl (C=O) groups excluding carboxylic acids is 1. The van der Waals surface area contributed by atoms with Crippen molar-refractivity contribution in [2.45, 2.75) is 18.9 Å². The van der Waals surface area contributed by atoms with Gasteiger partial charge >= 0.3 is 5.97 Å². The first-order valence-electron chi connectivity index (χ1n) is 7.27. The molecule has 0 bridgehead atoms. The highest BCUT2D eigenvalue weighted by Crippen LogP contribution is 2.29. The van der Waals surface area contributed by atoms with Crippen LogP contribution in [0.3, 0.4) is 0 Å². The van der Waals surface area contributed by atoms with E-state index in [1.54, 1.807) is 24.3 Å². The highest BCUT2D eigenvalue weighted by Gasteiger charge is 2.28. The van der Waals surface area contributed by atoms with Gasteiger partial charge in [0.15, 0.2) is 0 Å². The lowest BCUT2D eigenvalue weighted by atomic mass is 10.2. The van der Waals surface area contributed by atoms with E-state index in [0.717, 1.165) is 19.1 Å². The standard InChI is InChI=1S/C15H16N4O4S/c1-24(21,22)19-13-5-3-2-4-12(13)18-14-11(8-16-9-17-14)15(20)23-10-6-7-10/h2-5,8-10,19H,6-7H2,1H3,(H,16,17,18). The Morgan fingerprint density at radius 2 is 1.96 bits per heavy atom. The summed E-state index contributed by atoms with van der Waals surface area (Å²) in [4.78, 5) is 20.1. The molecular weight excluding hydrogens is 332 g/mol. The minimum Gasteiger partial charge on any atom is -0.459 e. The van der Waals surface area contributed by atoms with E-state index >= 15 is 0 Å². The third kappa shape index (κ3) is 4.19. The topological polar surface area (TPSA) is 110 Å². The molecule has 1 aromatic heterocycles. The van der Waals surface area contributed by atoms with Crippen LogP contribution in [0.5, 0.6) is 0 Å². The molecule has 3 rings (SSSR count). The van der Waals surface area contributed by atoms with Crippen LogP contribution in [0.15, 0.2) is 36.8 Å². The predicted molar refractivity (Wildman–Crippen MR) is 88.7 cm³/mol. The summed E-state index contributed by atoms with van der Waals surface area (Å²) in [6, 6.07) is 6.71. The minimum absolute atomic E-state index is 0.0373. The molecule has 2 aromatic rings. The van der Waals surface area contributed by atoms with Crippen molar-refractivity contribution in [3.05, 3.63) is 42.4 Å². The lowest BCUT2D eigenvalue weighted by Gasteiger charge is -2.14. The second-order valence-corrected chi connectivity index (χ2v) is 7.18. The van der Waals surface area contributed by atoms with Crippen molar-refractivity contribution in [1.29, 1.82) is 0 Å². The van der Waals surface area contributed by atoms with Crippen LogP contribution in [0.25, 0.3) is 0 Å². The number of ether oxygens (including phenoxy) is 1. The molecule has 0 aliphatic heterocycles. The Morgan fingerprint density at radius 3 is 2.62 bits per heavy atom. The van der Waals surface area contributed by atoms with Gasteiger partial charge in [-0.05, 0) is 25.0 Å². The second-order valence-electron chi connectivity index (χ2n) is 5.43. The van der Waals surface area contributed by atoms with Crippen molar-refractivity contribution < 1.29 is 17.9 Å². The summed E-state index contributed by atoms with van der Waals surface area (Å²) in [5, 5.41) is 2.96. The van der Waals surface area contributed by atoms with Gasteiger partial charge in [-0.3, -0.25) is 4.72 Å². The van der Waals surface area contributed by atoms with Crippen molar-refractivity contribution in [3.63, 3.8) is 0 Å². The number of hydrogen-bond acceptors (Lipinski definition) is 7. The Bertz CT molecular complexity index is 865. The highest BCUT2D eigenvalue weighted by atomic mass is 32.2. The SMILES string of the molecule is CS(=O)(=O)Nc1ccccc1Nc1ncncc1C(=O)OC1CC1. The van der Waals surface area contributed by atoms with E-state index in [2.05, 4.69) is 20.0 Å². The molecule has 1 aliphatic carbocycles. The Hall–Kier alpha value is -2.68. The maximum atomic E-state index is 12.2. The van der Waals surface area contributed by atoms with Gasteiger partial charge in [0.25, 0.3) is 0 Å². The molecule has 0 unspecified atom stereocenters. The number of rotatable bonds is 6. The van der Waals surface area contributed by atoms with Crippen LogP contribution >= 0.6 is 0 Å². The molecule has 1 saturated carbocycles. The number of carbonyl (C=O) groups is 1. The van der Waals surface area contributed by atoms with Crippen LogP contribution in [0, 0.1) is 0 Å². The van der Waals surface area contributed by atoms with Gasteiger partial charge in [0.05, 0.1) is 17.6 Å². The van der Waals surface area contributed by atoms with E-state index in [9.17, 15) is 13.2 Å². The van der Waals surface area contributed by atoms with Gasteiger partial charge in [-0.2, -0.15) is 0 Å². The molecule has 8 nitrogen and oxygen atoms in total. The van der Waals surface area contributed by atoms with E-state index in [1.165, 1.54) is 12.5 Å². The molecule has 9 heteroatoms. The van der Waals surface area contributed by atoms with Crippen LogP contribution in [0.2, 0.25) is 0 Å². The van der Waals surface area contributed by atoms with Gasteiger partial charge in [0.1, 0.15) is 23.8 Å². The van der Waals surface area contributed by atoms with Gasteiger partial charge in [-0.15, -0.1) is 0 Å². The fourth-order valence-electron chi connectivity index (χ4n) is 1.99. The number of para-hydroxylation sites is 2. The summed E-state index contributed by atoms with van der Waals surface area (Å²) in [5.74, 6) is -0.257. The van der Waals surface area contributed by atoms with Gasteiger partial charge in [0.2, 0.25) is 10.0 Å². The zero-order chi connectivity index (χ0) is 17.2. The first-order valence-corrected chi connectivity index (χ1v) is 9.16. The summed E-state index contributed by atoms with van der Waals surface area (Å²) in [7, 11) is -3.44. The fraction of sp³-hybridized carbons (Fsp3) is 0.267. The smallest absolute Gasteiger partial charge is 0.343 e. The summed E-state index contributed by atoms with van der Waals surface area (Å²) in [5.41, 5.74) is 1.00. The summed E-state index contributed by atoms with van der Waals surface area (Å²) in [6.45, 7) is 0. The van der Waals surface area contributed by atoms with E-state index in [-0.39, 0.29) is 17.5 Å². The lowest BCUT2D eigenvalue weighted by Crippen LogP contribution is -2.13. The first-order chi connectivity index (χ1) is 11.4. The number of esters is 1. The lowest BCUT2D eigenvalue weighted by molar-refractivity contribution is 0.0472. The molecule has 0 spiro atoms. The summed E-state index contributed by atoms with van der Waals surface area (Å²) in [6.07, 6.45) is 5.42. The average Bonchev–Trinajstić information content (AvgIpc) is 3.32. The molecule has 1 heterocycles. The maximum absolute atomic E-state index is 12.2. The van der Waals surface area contributed by atoms with Gasteiger partial charge in [-0.1, -0.05) is 12.1 Å². The zero-order valence-electron chi connectivity index (χ0n) is 12.9. The molecule has 1 aliphatic rings. The van der Waals surface area contributed by atoms with Crippen molar-refractivity contribution in [1.82, 2.24) is 9.97 Å². The van der Waals surface area contributed by atoms with E-state index in [0.29, 0.717) is 11.4 Å². The van der Waals surface area contributed by atoms with Crippen molar-refractivity contribution in [2.75, 3.05) is 16.3 Å². The van der Waals surface area contributed by atoms with E-state index < -0.39 is 16.0 Å². The molecule has 1 fully saturated rings. The number of sulfonamides is 1. The van der Waals surface area contributed by atoms with Crippen LogP contribution in [0.1, 0.15) is 23.2 Å². The molecule has 0 atom stereocenters. The van der Waals surface area contributed by atoms with E-state index in [4.69, 9.17) is 4.74 Å². The number of anilines is 3. The Kier molecular flexibility index (Phi) is 4.34. The van der Waals surface area contributed by atoms with Gasteiger partial charge in [-0.25, -0.2) is 23.2 Å². The Balaban J connectivity index is 1.88. The zero-order valence-corrected chi connectivity index (χ0v) is 13.7. The largest absolute Gasteiger partial charge is 0.459 e. The third-order valence-corrected chi connectivity index (χ3v) is 3.80. The molecule has 24 heavy (non-hydrogen) atoms. The minimum atomic E-state index is -3.44. The third-order valence-electron chi connectivity index (χ3n) is 3.21. The van der Waals surface area contributed by atoms with Crippen molar-refractivity contribution >= 4 is 33.2 Å². The fourth-order valence-corrected chi connectivity index (χ4v) is 2.57. The van der Waals surface area contributed by atoms with Crippen molar-refractivity contribution in [2.24, 2.45) is 0 Å². The molecule has 0 amide bonds. The normalized spacial score (nSPS) is 14.0. The highest BCUT2D eigenvalue weighted by molar-refractivity contribution is 7.92. The molecule has 126 valence electrons. The van der Waals surface area contributed by atoms with Crippen LogP contribution in [-0.2, 0) is 14.8 Å². The molecule has 1 aromatic carbocycles. The average molecular weight is 348 g/mol. The van der Waals surface area contributed by atoms with Crippen molar-refractivity contribution in [3.8, 4) is 0 Å². The maximum Gasteiger partial charge on any atom is 0.343 e. The molecule has 0 saturated heterocycles. The second kappa shape index (κ2) is 6.44. The monoisotopic (exact) mass is 348 g/mol. The number of nitrogens with zero attached hydrogens (tertiary/aromatic N) is 2. The Morgan fingerprint density at radius 1 is 1.25 bits per heavy atom. The first kappa shape index (κ1) is 16.2. The van der Waals surface area contributed by atoms with Gasteiger partial charge < -0.3 is 10.1 Å². The quantitative estimate of drug-likeness (QED) is 0.767. The number of nitrogens with one attached hydrogen (secondary N) is 2. The van der Waals surface area contributed by atoms with Crippen LogP contribution < -0.4 is 10.0 Å². The number of hydrogen-bond donors (Lipinski definition) is 2. The molecular formula is C15H16N4O4S. The number of benzene rings is 1. The van der Waals surface area contributed by atoms with Gasteiger partial charge in [0, 0.05) is 6.20 Å².